The normalized spacial score (nSPS) is 22.3. The van der Waals surface area contributed by atoms with Crippen molar-refractivity contribution in [1.82, 2.24) is 10.2 Å². The van der Waals surface area contributed by atoms with Crippen molar-refractivity contribution in [2.45, 2.75) is 32.2 Å². The van der Waals surface area contributed by atoms with E-state index in [1.807, 2.05) is 18.2 Å². The SMILES string of the molecule is CC1CCN([C@H](CNC(=O)[C@H]2CC(=O)N(c3ccc4c(c3)OCO4)C2)c2cccs2)CC1. The van der Waals surface area contributed by atoms with Gasteiger partial charge in [0.15, 0.2) is 11.5 Å². The second kappa shape index (κ2) is 9.11. The number of rotatable bonds is 6. The summed E-state index contributed by atoms with van der Waals surface area (Å²) in [4.78, 5) is 31.1. The van der Waals surface area contributed by atoms with E-state index < -0.39 is 0 Å². The van der Waals surface area contributed by atoms with Gasteiger partial charge in [-0.05, 0) is 55.4 Å². The van der Waals surface area contributed by atoms with Gasteiger partial charge in [0, 0.05) is 36.1 Å². The van der Waals surface area contributed by atoms with Gasteiger partial charge in [0.25, 0.3) is 0 Å². The minimum absolute atomic E-state index is 0.0381. The average molecular weight is 456 g/mol. The molecule has 0 aliphatic carbocycles. The average Bonchev–Trinajstić information content (AvgIpc) is 3.55. The van der Waals surface area contributed by atoms with Crippen LogP contribution in [-0.2, 0) is 9.59 Å². The molecule has 4 heterocycles. The van der Waals surface area contributed by atoms with Crippen LogP contribution >= 0.6 is 11.3 Å². The van der Waals surface area contributed by atoms with Crippen molar-refractivity contribution in [2.24, 2.45) is 11.8 Å². The number of carbonyl (C=O) groups is 2. The van der Waals surface area contributed by atoms with Crippen LogP contribution in [0.25, 0.3) is 0 Å². The number of anilines is 1. The summed E-state index contributed by atoms with van der Waals surface area (Å²) in [6, 6.07) is 9.87. The van der Waals surface area contributed by atoms with Crippen LogP contribution in [0.5, 0.6) is 11.5 Å². The van der Waals surface area contributed by atoms with E-state index in [1.165, 1.54) is 17.7 Å². The first-order chi connectivity index (χ1) is 15.6. The van der Waals surface area contributed by atoms with E-state index in [4.69, 9.17) is 9.47 Å². The fourth-order valence-electron chi connectivity index (χ4n) is 4.76. The van der Waals surface area contributed by atoms with Crippen LogP contribution in [0, 0.1) is 11.8 Å². The summed E-state index contributed by atoms with van der Waals surface area (Å²) < 4.78 is 10.8. The lowest BCUT2D eigenvalue weighted by molar-refractivity contribution is -0.126. The van der Waals surface area contributed by atoms with Crippen LogP contribution < -0.4 is 19.7 Å². The number of amides is 2. The van der Waals surface area contributed by atoms with Crippen molar-refractivity contribution < 1.29 is 19.1 Å². The van der Waals surface area contributed by atoms with Crippen LogP contribution in [0.1, 0.15) is 37.1 Å². The van der Waals surface area contributed by atoms with Crippen LogP contribution in [0.3, 0.4) is 0 Å². The Kier molecular flexibility index (Phi) is 6.06. The number of fused-ring (bicyclic) bond motifs is 1. The summed E-state index contributed by atoms with van der Waals surface area (Å²) in [5, 5.41) is 5.25. The van der Waals surface area contributed by atoms with Crippen molar-refractivity contribution in [2.75, 3.05) is 37.9 Å². The monoisotopic (exact) mass is 455 g/mol. The molecule has 2 amide bonds. The topological polar surface area (TPSA) is 71.1 Å². The van der Waals surface area contributed by atoms with Crippen LogP contribution in [0.15, 0.2) is 35.7 Å². The van der Waals surface area contributed by atoms with E-state index in [9.17, 15) is 9.59 Å². The zero-order chi connectivity index (χ0) is 22.1. The Morgan fingerprint density at radius 3 is 2.81 bits per heavy atom. The molecule has 2 saturated heterocycles. The molecule has 0 radical (unpaired) electrons. The van der Waals surface area contributed by atoms with Crippen molar-refractivity contribution in [3.8, 4) is 11.5 Å². The summed E-state index contributed by atoms with van der Waals surface area (Å²) in [6.07, 6.45) is 2.61. The minimum Gasteiger partial charge on any atom is -0.454 e. The van der Waals surface area contributed by atoms with Gasteiger partial charge < -0.3 is 19.7 Å². The number of carbonyl (C=O) groups excluding carboxylic acids is 2. The molecule has 3 aliphatic rings. The molecular weight excluding hydrogens is 426 g/mol. The number of nitrogens with one attached hydrogen (secondary N) is 1. The Morgan fingerprint density at radius 1 is 1.22 bits per heavy atom. The molecule has 0 unspecified atom stereocenters. The predicted molar refractivity (Wildman–Crippen MR) is 123 cm³/mol. The van der Waals surface area contributed by atoms with Gasteiger partial charge in [-0.15, -0.1) is 11.3 Å². The maximum Gasteiger partial charge on any atom is 0.231 e. The summed E-state index contributed by atoms with van der Waals surface area (Å²) in [7, 11) is 0. The highest BCUT2D eigenvalue weighted by atomic mass is 32.1. The Morgan fingerprint density at radius 2 is 2.03 bits per heavy atom. The molecule has 8 heteroatoms. The lowest BCUT2D eigenvalue weighted by atomic mass is 9.97. The van der Waals surface area contributed by atoms with E-state index in [1.54, 1.807) is 16.2 Å². The lowest BCUT2D eigenvalue weighted by Crippen LogP contribution is -2.43. The number of thiophene rings is 1. The van der Waals surface area contributed by atoms with E-state index in [0.29, 0.717) is 24.6 Å². The maximum atomic E-state index is 13.0. The molecule has 1 N–H and O–H groups in total. The first-order valence-electron chi connectivity index (χ1n) is 11.3. The number of hydrogen-bond donors (Lipinski definition) is 1. The molecule has 32 heavy (non-hydrogen) atoms. The highest BCUT2D eigenvalue weighted by molar-refractivity contribution is 7.10. The summed E-state index contributed by atoms with van der Waals surface area (Å²) in [5.41, 5.74) is 0.744. The Bertz CT molecular complexity index is 972. The first-order valence-corrected chi connectivity index (χ1v) is 12.2. The van der Waals surface area contributed by atoms with Gasteiger partial charge in [-0.1, -0.05) is 13.0 Å². The number of benzene rings is 1. The number of likely N-dealkylation sites (tertiary alicyclic amines) is 1. The van der Waals surface area contributed by atoms with Crippen molar-refractivity contribution in [3.63, 3.8) is 0 Å². The van der Waals surface area contributed by atoms with Gasteiger partial charge in [0.2, 0.25) is 18.6 Å². The first kappa shape index (κ1) is 21.3. The predicted octanol–water partition coefficient (Wildman–Crippen LogP) is 3.42. The molecule has 1 aromatic heterocycles. The zero-order valence-corrected chi connectivity index (χ0v) is 19.1. The second-order valence-electron chi connectivity index (χ2n) is 8.94. The van der Waals surface area contributed by atoms with E-state index >= 15 is 0 Å². The fraction of sp³-hybridized carbons (Fsp3) is 0.500. The van der Waals surface area contributed by atoms with Crippen molar-refractivity contribution in [1.29, 1.82) is 0 Å². The quantitative estimate of drug-likeness (QED) is 0.723. The van der Waals surface area contributed by atoms with Gasteiger partial charge in [-0.25, -0.2) is 0 Å². The lowest BCUT2D eigenvalue weighted by Gasteiger charge is -2.36. The largest absolute Gasteiger partial charge is 0.454 e. The number of nitrogens with zero attached hydrogens (tertiary/aromatic N) is 2. The molecule has 7 nitrogen and oxygen atoms in total. The molecule has 2 fully saturated rings. The maximum absolute atomic E-state index is 13.0. The Balaban J connectivity index is 1.22. The molecule has 1 aromatic carbocycles. The second-order valence-corrected chi connectivity index (χ2v) is 9.92. The highest BCUT2D eigenvalue weighted by Gasteiger charge is 2.36. The van der Waals surface area contributed by atoms with E-state index in [-0.39, 0.29) is 37.0 Å². The fourth-order valence-corrected chi connectivity index (χ4v) is 5.62. The Labute approximate surface area is 192 Å². The highest BCUT2D eigenvalue weighted by Crippen LogP contribution is 2.37. The zero-order valence-electron chi connectivity index (χ0n) is 18.3. The minimum atomic E-state index is -0.349. The molecule has 0 bridgehead atoms. The summed E-state index contributed by atoms with van der Waals surface area (Å²) in [5.74, 6) is 1.64. The number of piperidine rings is 1. The van der Waals surface area contributed by atoms with Crippen LogP contribution in [-0.4, -0.2) is 49.7 Å². The molecule has 2 atom stereocenters. The van der Waals surface area contributed by atoms with Gasteiger partial charge in [0.1, 0.15) is 0 Å². The van der Waals surface area contributed by atoms with E-state index in [0.717, 1.165) is 24.7 Å². The number of ether oxygens (including phenoxy) is 2. The molecular formula is C24H29N3O4S. The van der Waals surface area contributed by atoms with Crippen molar-refractivity contribution in [3.05, 3.63) is 40.6 Å². The molecule has 0 saturated carbocycles. The van der Waals surface area contributed by atoms with Gasteiger partial charge in [-0.2, -0.15) is 0 Å². The van der Waals surface area contributed by atoms with Crippen molar-refractivity contribution >= 4 is 28.8 Å². The smallest absolute Gasteiger partial charge is 0.231 e. The standard InChI is InChI=1S/C24H29N3O4S/c1-16-6-8-26(9-7-16)19(22-3-2-10-32-22)13-25-24(29)17-11-23(28)27(14-17)18-4-5-20-21(12-18)31-15-30-20/h2-5,10,12,16-17,19H,6-9,11,13-15H2,1H3,(H,25,29)/t17-,19+/m0/s1. The van der Waals surface area contributed by atoms with Gasteiger partial charge in [-0.3, -0.25) is 14.5 Å². The summed E-state index contributed by atoms with van der Waals surface area (Å²) >= 11 is 1.74. The van der Waals surface area contributed by atoms with Gasteiger partial charge >= 0.3 is 0 Å². The third kappa shape index (κ3) is 4.34. The Hall–Kier alpha value is -2.58. The van der Waals surface area contributed by atoms with Gasteiger partial charge in [0.05, 0.1) is 12.0 Å². The molecule has 170 valence electrons. The molecule has 2 aromatic rings. The third-order valence-electron chi connectivity index (χ3n) is 6.76. The van der Waals surface area contributed by atoms with E-state index in [2.05, 4.69) is 34.7 Å². The molecule has 5 rings (SSSR count). The molecule has 3 aliphatic heterocycles. The number of hydrogen-bond acceptors (Lipinski definition) is 6. The summed E-state index contributed by atoms with van der Waals surface area (Å²) in [6.45, 7) is 5.57. The van der Waals surface area contributed by atoms with Crippen LogP contribution in [0.4, 0.5) is 5.69 Å². The van der Waals surface area contributed by atoms with Crippen LogP contribution in [0.2, 0.25) is 0 Å². The molecule has 0 spiro atoms. The third-order valence-corrected chi connectivity index (χ3v) is 7.74.